The van der Waals surface area contributed by atoms with Crippen molar-refractivity contribution >= 4 is 69.6 Å². The molecule has 2 rings (SSSR count). The van der Waals surface area contributed by atoms with Crippen LogP contribution in [0.3, 0.4) is 0 Å². The van der Waals surface area contributed by atoms with E-state index in [-0.39, 0.29) is 45.2 Å². The molecule has 2 aromatic carbocycles. The summed E-state index contributed by atoms with van der Waals surface area (Å²) in [5.41, 5.74) is 0. The van der Waals surface area contributed by atoms with Crippen molar-refractivity contribution in [1.82, 2.24) is 0 Å². The maximum absolute atomic E-state index is 5.97. The Kier molecular flexibility index (Phi) is 7.23. The first-order valence-corrected chi connectivity index (χ1v) is 8.27. The van der Waals surface area contributed by atoms with Crippen molar-refractivity contribution in [2.45, 2.75) is 0 Å². The summed E-state index contributed by atoms with van der Waals surface area (Å²) in [6, 6.07) is 6.03. The second-order valence-corrected chi connectivity index (χ2v) is 6.63. The van der Waals surface area contributed by atoms with E-state index in [0.717, 1.165) is 0 Å². The Morgan fingerprint density at radius 2 is 0.870 bits per heavy atom. The van der Waals surface area contributed by atoms with Gasteiger partial charge in [0, 0.05) is 10.0 Å². The van der Waals surface area contributed by atoms with Crippen LogP contribution in [-0.2, 0) is 4.74 Å². The fourth-order valence-corrected chi connectivity index (χ4v) is 3.42. The van der Waals surface area contributed by atoms with Crippen molar-refractivity contribution in [3.63, 3.8) is 0 Å². The van der Waals surface area contributed by atoms with Gasteiger partial charge in [0.05, 0.1) is 20.1 Å². The molecule has 0 aliphatic rings. The average molecular weight is 437 g/mol. The van der Waals surface area contributed by atoms with Gasteiger partial charge in [-0.25, -0.2) is 0 Å². The maximum atomic E-state index is 5.97. The molecule has 23 heavy (non-hydrogen) atoms. The summed E-state index contributed by atoms with van der Waals surface area (Å²) < 4.78 is 15.8. The molecule has 0 atom stereocenters. The summed E-state index contributed by atoms with van der Waals surface area (Å²) >= 11 is 35.5. The third-order valence-electron chi connectivity index (χ3n) is 2.50. The van der Waals surface area contributed by atoms with E-state index >= 15 is 0 Å². The summed E-state index contributed by atoms with van der Waals surface area (Å²) in [6.07, 6.45) is 0. The van der Waals surface area contributed by atoms with E-state index in [1.807, 2.05) is 0 Å². The Morgan fingerprint density at radius 1 is 0.565 bits per heavy atom. The van der Waals surface area contributed by atoms with E-state index in [1.54, 1.807) is 0 Å². The fraction of sp³-hybridized carbons (Fsp3) is 0.143. The van der Waals surface area contributed by atoms with Crippen molar-refractivity contribution in [2.75, 3.05) is 13.6 Å². The molecule has 0 heterocycles. The standard InChI is InChI=1S/C14H8Cl6O3/c15-7-1-9(17)13(10(18)2-7)22-5-21-6-23-14-11(19)3-8(16)4-12(14)20/h1-4H,5-6H2. The van der Waals surface area contributed by atoms with E-state index < -0.39 is 0 Å². The molecule has 3 nitrogen and oxygen atoms in total. The van der Waals surface area contributed by atoms with E-state index in [1.165, 1.54) is 24.3 Å². The van der Waals surface area contributed by atoms with Crippen LogP contribution >= 0.6 is 69.6 Å². The number of ether oxygens (including phenoxy) is 3. The first kappa shape index (κ1) is 19.1. The van der Waals surface area contributed by atoms with Gasteiger partial charge in [0.1, 0.15) is 0 Å². The molecule has 0 N–H and O–H groups in total. The molecule has 0 bridgehead atoms. The normalized spacial score (nSPS) is 10.7. The molecule has 0 spiro atoms. The molecule has 0 aliphatic heterocycles. The predicted molar refractivity (Wildman–Crippen MR) is 95.0 cm³/mol. The van der Waals surface area contributed by atoms with E-state index in [4.69, 9.17) is 83.8 Å². The Labute approximate surface area is 162 Å². The second kappa shape index (κ2) is 8.72. The topological polar surface area (TPSA) is 27.7 Å². The van der Waals surface area contributed by atoms with Crippen LogP contribution in [0, 0.1) is 0 Å². The molecule has 0 saturated heterocycles. The minimum Gasteiger partial charge on any atom is -0.464 e. The first-order valence-electron chi connectivity index (χ1n) is 6.01. The van der Waals surface area contributed by atoms with Gasteiger partial charge in [0.2, 0.25) is 0 Å². The smallest absolute Gasteiger partial charge is 0.192 e. The van der Waals surface area contributed by atoms with Gasteiger partial charge in [0.25, 0.3) is 0 Å². The minimum atomic E-state index is -0.149. The van der Waals surface area contributed by atoms with E-state index in [9.17, 15) is 0 Å². The Bertz CT molecular complexity index is 601. The van der Waals surface area contributed by atoms with Crippen molar-refractivity contribution in [3.05, 3.63) is 54.4 Å². The van der Waals surface area contributed by atoms with Gasteiger partial charge in [-0.05, 0) is 24.3 Å². The van der Waals surface area contributed by atoms with Crippen molar-refractivity contribution in [1.29, 1.82) is 0 Å². The molecule has 0 aliphatic carbocycles. The number of benzene rings is 2. The molecular formula is C14H8Cl6O3. The Hall–Kier alpha value is -0.260. The molecule has 0 aromatic heterocycles. The zero-order valence-corrected chi connectivity index (χ0v) is 15.8. The van der Waals surface area contributed by atoms with Crippen LogP contribution in [0.25, 0.3) is 0 Å². The van der Waals surface area contributed by atoms with Crippen molar-refractivity contribution in [2.24, 2.45) is 0 Å². The summed E-state index contributed by atoms with van der Waals surface area (Å²) in [7, 11) is 0. The molecule has 0 saturated carbocycles. The molecular weight excluding hydrogens is 429 g/mol. The van der Waals surface area contributed by atoms with Crippen LogP contribution in [0.2, 0.25) is 30.1 Å². The second-order valence-electron chi connectivity index (χ2n) is 4.13. The highest BCUT2D eigenvalue weighted by atomic mass is 35.5. The van der Waals surface area contributed by atoms with Gasteiger partial charge in [-0.3, -0.25) is 0 Å². The van der Waals surface area contributed by atoms with Crippen LogP contribution in [0.5, 0.6) is 11.5 Å². The number of hydrogen-bond donors (Lipinski definition) is 0. The number of rotatable bonds is 6. The summed E-state index contributed by atoms with van der Waals surface area (Å²) in [4.78, 5) is 0. The van der Waals surface area contributed by atoms with Crippen molar-refractivity contribution in [3.8, 4) is 11.5 Å². The minimum absolute atomic E-state index is 0.149. The zero-order valence-electron chi connectivity index (χ0n) is 11.2. The molecule has 2 aromatic rings. The highest BCUT2D eigenvalue weighted by Gasteiger charge is 2.11. The van der Waals surface area contributed by atoms with Crippen LogP contribution < -0.4 is 9.47 Å². The SMILES string of the molecule is Clc1cc(Cl)c(OCOCOc2c(Cl)cc(Cl)cc2Cl)c(Cl)c1. The van der Waals surface area contributed by atoms with Crippen LogP contribution in [0.1, 0.15) is 0 Å². The highest BCUT2D eigenvalue weighted by molar-refractivity contribution is 6.40. The lowest BCUT2D eigenvalue weighted by atomic mass is 10.3. The summed E-state index contributed by atoms with van der Waals surface area (Å²) in [6.45, 7) is -0.298. The summed E-state index contributed by atoms with van der Waals surface area (Å²) in [5.74, 6) is 0.528. The van der Waals surface area contributed by atoms with Gasteiger partial charge in [-0.1, -0.05) is 69.6 Å². The quantitative estimate of drug-likeness (QED) is 0.360. The molecule has 0 amide bonds. The average Bonchev–Trinajstić information content (AvgIpc) is 2.42. The van der Waals surface area contributed by atoms with Crippen LogP contribution in [-0.4, -0.2) is 13.6 Å². The third-order valence-corrected chi connectivity index (χ3v) is 4.06. The number of halogens is 6. The Morgan fingerprint density at radius 3 is 1.17 bits per heavy atom. The van der Waals surface area contributed by atoms with E-state index in [0.29, 0.717) is 10.0 Å². The summed E-state index contributed by atoms with van der Waals surface area (Å²) in [5, 5.41) is 1.91. The molecule has 124 valence electrons. The maximum Gasteiger partial charge on any atom is 0.192 e. The molecule has 0 radical (unpaired) electrons. The number of hydrogen-bond acceptors (Lipinski definition) is 3. The van der Waals surface area contributed by atoms with Crippen molar-refractivity contribution < 1.29 is 14.2 Å². The third kappa shape index (κ3) is 5.36. The first-order chi connectivity index (χ1) is 10.9. The fourth-order valence-electron chi connectivity index (χ4n) is 1.57. The van der Waals surface area contributed by atoms with Gasteiger partial charge >= 0.3 is 0 Å². The largest absolute Gasteiger partial charge is 0.464 e. The highest BCUT2D eigenvalue weighted by Crippen LogP contribution is 2.37. The van der Waals surface area contributed by atoms with Gasteiger partial charge in [-0.2, -0.15) is 0 Å². The van der Waals surface area contributed by atoms with Gasteiger partial charge in [0.15, 0.2) is 25.1 Å². The molecule has 0 fully saturated rings. The molecule has 0 unspecified atom stereocenters. The van der Waals surface area contributed by atoms with Gasteiger partial charge in [-0.15, -0.1) is 0 Å². The van der Waals surface area contributed by atoms with E-state index in [2.05, 4.69) is 0 Å². The predicted octanol–water partition coefficient (Wildman–Crippen LogP) is 7.00. The monoisotopic (exact) mass is 434 g/mol. The molecule has 9 heteroatoms. The lowest BCUT2D eigenvalue weighted by molar-refractivity contribution is -0.0535. The van der Waals surface area contributed by atoms with Crippen LogP contribution in [0.15, 0.2) is 24.3 Å². The Balaban J connectivity index is 1.85. The van der Waals surface area contributed by atoms with Gasteiger partial charge < -0.3 is 14.2 Å². The van der Waals surface area contributed by atoms with Crippen LogP contribution in [0.4, 0.5) is 0 Å². The zero-order chi connectivity index (χ0) is 17.0. The lowest BCUT2D eigenvalue weighted by Crippen LogP contribution is -2.09. The lowest BCUT2D eigenvalue weighted by Gasteiger charge is -2.13.